The van der Waals surface area contributed by atoms with Gasteiger partial charge in [-0.2, -0.15) is 0 Å². The number of hydrogen-bond donors (Lipinski definition) is 1. The molecule has 5 aliphatic rings. The van der Waals surface area contributed by atoms with Crippen molar-refractivity contribution in [2.75, 3.05) is 25.4 Å². The highest BCUT2D eigenvalue weighted by Crippen LogP contribution is 2.51. The van der Waals surface area contributed by atoms with Gasteiger partial charge in [-0.15, -0.1) is 0 Å². The summed E-state index contributed by atoms with van der Waals surface area (Å²) in [5.74, 6) is 0.951. The third-order valence-corrected chi connectivity index (χ3v) is 9.90. The first-order valence-electron chi connectivity index (χ1n) is 11.3. The molecule has 6 heteroatoms. The van der Waals surface area contributed by atoms with E-state index in [1.165, 1.54) is 37.0 Å². The van der Waals surface area contributed by atoms with E-state index in [9.17, 15) is 0 Å². The molecule has 5 aliphatic heterocycles. The zero-order valence-electron chi connectivity index (χ0n) is 17.7. The monoisotopic (exact) mass is 426 g/mol. The summed E-state index contributed by atoms with van der Waals surface area (Å²) < 4.78 is 12.9. The Morgan fingerprint density at radius 3 is 2.71 bits per heavy atom. The molecule has 0 aromatic heterocycles. The first-order valence-corrected chi connectivity index (χ1v) is 13.7. The fourth-order valence-corrected chi connectivity index (χ4v) is 8.02. The number of allylic oxidation sites excluding steroid dienone is 1. The Morgan fingerprint density at radius 2 is 2.04 bits per heavy atom. The maximum absolute atomic E-state index is 6.55. The Balaban J connectivity index is 1.24. The average molecular weight is 427 g/mol. The minimum absolute atomic E-state index is 0.0135. The van der Waals surface area contributed by atoms with Gasteiger partial charge in [0.05, 0.1) is 6.10 Å². The lowest BCUT2D eigenvalue weighted by atomic mass is 9.89. The van der Waals surface area contributed by atoms with E-state index in [-0.39, 0.29) is 17.4 Å². The number of nitrogens with two attached hydrogens (primary N) is 1. The average Bonchev–Trinajstić information content (AvgIpc) is 3.34. The van der Waals surface area contributed by atoms with Crippen LogP contribution in [0.4, 0.5) is 0 Å². The second-order valence-electron chi connectivity index (χ2n) is 9.44. The molecule has 5 heterocycles. The summed E-state index contributed by atoms with van der Waals surface area (Å²) in [6.07, 6.45) is 13.7. The van der Waals surface area contributed by atoms with E-state index in [4.69, 9.17) is 15.2 Å². The molecule has 0 aromatic rings. The van der Waals surface area contributed by atoms with Crippen LogP contribution >= 0.6 is 21.6 Å². The predicted octanol–water partition coefficient (Wildman–Crippen LogP) is 4.73. The zero-order chi connectivity index (χ0) is 19.6. The highest BCUT2D eigenvalue weighted by molar-refractivity contribution is 8.77. The summed E-state index contributed by atoms with van der Waals surface area (Å²) in [5.41, 5.74) is 7.71. The Labute approximate surface area is 179 Å². The van der Waals surface area contributed by atoms with Crippen LogP contribution in [-0.4, -0.2) is 59.1 Å². The van der Waals surface area contributed by atoms with Crippen molar-refractivity contribution in [3.8, 4) is 0 Å². The van der Waals surface area contributed by atoms with Crippen molar-refractivity contribution in [2.24, 2.45) is 5.73 Å². The Morgan fingerprint density at radius 1 is 1.25 bits per heavy atom. The molecule has 5 saturated heterocycles. The minimum atomic E-state index is -0.387. The van der Waals surface area contributed by atoms with Crippen LogP contribution < -0.4 is 5.73 Å². The van der Waals surface area contributed by atoms with E-state index in [1.807, 2.05) is 10.8 Å². The van der Waals surface area contributed by atoms with Gasteiger partial charge in [-0.3, -0.25) is 0 Å². The summed E-state index contributed by atoms with van der Waals surface area (Å²) >= 11 is 0. The molecule has 0 spiro atoms. The number of likely N-dealkylation sites (tertiary alicyclic amines) is 1. The fourth-order valence-electron chi connectivity index (χ4n) is 4.99. The molecule has 5 rings (SSSR count). The molecule has 5 fully saturated rings. The molecule has 0 aliphatic carbocycles. The molecule has 4 unspecified atom stereocenters. The fraction of sp³-hybridized carbons (Fsp3) is 0.909. The van der Waals surface area contributed by atoms with Crippen LogP contribution in [0.3, 0.4) is 0 Å². The van der Waals surface area contributed by atoms with Crippen LogP contribution in [-0.2, 0) is 9.47 Å². The molecule has 2 N–H and O–H groups in total. The Bertz CT molecular complexity index is 547. The van der Waals surface area contributed by atoms with Crippen molar-refractivity contribution in [1.29, 1.82) is 0 Å². The van der Waals surface area contributed by atoms with Crippen molar-refractivity contribution in [2.45, 2.75) is 100 Å². The lowest BCUT2D eigenvalue weighted by molar-refractivity contribution is -0.216. The first-order chi connectivity index (χ1) is 13.5. The van der Waals surface area contributed by atoms with Crippen molar-refractivity contribution in [3.05, 3.63) is 11.6 Å². The maximum Gasteiger partial charge on any atom is 0.194 e. The molecule has 0 amide bonds. The lowest BCUT2D eigenvalue weighted by Crippen LogP contribution is -2.50. The number of unbranched alkanes of at least 4 members (excludes halogenated alkanes) is 1. The molecular formula is C22H38N2O2S2. The molecule has 160 valence electrons. The summed E-state index contributed by atoms with van der Waals surface area (Å²) in [6.45, 7) is 7.57. The summed E-state index contributed by atoms with van der Waals surface area (Å²) in [5, 5.41) is 0.887. The second kappa shape index (κ2) is 9.19. The van der Waals surface area contributed by atoms with Crippen LogP contribution in [0, 0.1) is 0 Å². The summed E-state index contributed by atoms with van der Waals surface area (Å²) in [7, 11) is 4.15. The van der Waals surface area contributed by atoms with Crippen molar-refractivity contribution >= 4 is 21.6 Å². The SMILES string of the molecule is CC/C=C(/CCCCC1CCSS1)C12CC(O1)C(CN1CCC(C)(N)CC1)O2. The number of rotatable bonds is 9. The van der Waals surface area contributed by atoms with Crippen LogP contribution in [0.2, 0.25) is 0 Å². The standard InChI is InChI=1S/C22H38N2O2S2/c1-3-6-17(7-4-5-8-18-9-14-27-28-18)22-15-19(25-22)20(26-22)16-24-12-10-21(2,23)11-13-24/h6,18-20H,3-5,7-16,23H2,1-2H3/b17-6-. The molecule has 4 nitrogen and oxygen atoms in total. The van der Waals surface area contributed by atoms with Gasteiger partial charge in [-0.1, -0.05) is 41.0 Å². The highest BCUT2D eigenvalue weighted by atomic mass is 33.1. The summed E-state index contributed by atoms with van der Waals surface area (Å²) in [4.78, 5) is 2.53. The van der Waals surface area contributed by atoms with Crippen LogP contribution in [0.1, 0.15) is 71.6 Å². The normalized spacial score (nSPS) is 38.0. The molecule has 2 bridgehead atoms. The summed E-state index contributed by atoms with van der Waals surface area (Å²) in [6, 6.07) is 0. The van der Waals surface area contributed by atoms with E-state index in [2.05, 4.69) is 35.6 Å². The largest absolute Gasteiger partial charge is 0.340 e. The lowest BCUT2D eigenvalue weighted by Gasteiger charge is -2.39. The number of ether oxygens (including phenoxy) is 2. The number of nitrogens with zero attached hydrogens (tertiary/aromatic N) is 1. The smallest absolute Gasteiger partial charge is 0.194 e. The van der Waals surface area contributed by atoms with Gasteiger partial charge in [-0.25, -0.2) is 0 Å². The molecular weight excluding hydrogens is 388 g/mol. The highest BCUT2D eigenvalue weighted by Gasteiger charge is 2.61. The van der Waals surface area contributed by atoms with E-state index in [1.54, 1.807) is 0 Å². The van der Waals surface area contributed by atoms with Gasteiger partial charge in [0.1, 0.15) is 6.10 Å². The quantitative estimate of drug-likeness (QED) is 0.327. The Kier molecular flexibility index (Phi) is 7.06. The van der Waals surface area contributed by atoms with Crippen molar-refractivity contribution in [1.82, 2.24) is 4.90 Å². The van der Waals surface area contributed by atoms with E-state index in [0.717, 1.165) is 57.0 Å². The van der Waals surface area contributed by atoms with Gasteiger partial charge < -0.3 is 20.1 Å². The molecule has 0 aromatic carbocycles. The second-order valence-corrected chi connectivity index (χ2v) is 12.2. The van der Waals surface area contributed by atoms with E-state index >= 15 is 0 Å². The van der Waals surface area contributed by atoms with Gasteiger partial charge in [0, 0.05) is 29.5 Å². The number of fused-ring (bicyclic) bond motifs is 1. The van der Waals surface area contributed by atoms with Crippen LogP contribution in [0.25, 0.3) is 0 Å². The maximum atomic E-state index is 6.55. The third kappa shape index (κ3) is 4.94. The molecule has 0 radical (unpaired) electrons. The van der Waals surface area contributed by atoms with E-state index < -0.39 is 0 Å². The number of piperidine rings is 1. The molecule has 28 heavy (non-hydrogen) atoms. The Hall–Kier alpha value is 0.280. The topological polar surface area (TPSA) is 47.7 Å². The van der Waals surface area contributed by atoms with Gasteiger partial charge in [0.15, 0.2) is 5.79 Å². The minimum Gasteiger partial charge on any atom is -0.340 e. The zero-order valence-corrected chi connectivity index (χ0v) is 19.3. The predicted molar refractivity (Wildman–Crippen MR) is 121 cm³/mol. The van der Waals surface area contributed by atoms with E-state index in [0.29, 0.717) is 6.10 Å². The van der Waals surface area contributed by atoms with Gasteiger partial charge in [0.25, 0.3) is 0 Å². The molecule has 0 saturated carbocycles. The van der Waals surface area contributed by atoms with Gasteiger partial charge >= 0.3 is 0 Å². The van der Waals surface area contributed by atoms with Gasteiger partial charge in [0.2, 0.25) is 0 Å². The van der Waals surface area contributed by atoms with Crippen LogP contribution in [0.15, 0.2) is 11.6 Å². The first kappa shape index (κ1) is 21.5. The van der Waals surface area contributed by atoms with Gasteiger partial charge in [-0.05, 0) is 70.5 Å². The van der Waals surface area contributed by atoms with Crippen molar-refractivity contribution < 1.29 is 9.47 Å². The molecule has 4 atom stereocenters. The van der Waals surface area contributed by atoms with Crippen LogP contribution in [0.5, 0.6) is 0 Å². The number of hydrogen-bond acceptors (Lipinski definition) is 6. The third-order valence-electron chi connectivity index (χ3n) is 6.89. The van der Waals surface area contributed by atoms with Crippen molar-refractivity contribution in [3.63, 3.8) is 0 Å².